The van der Waals surface area contributed by atoms with Crippen LogP contribution in [-0.4, -0.2) is 52.0 Å². The number of H-pyrrole nitrogens is 1. The first-order valence-electron chi connectivity index (χ1n) is 9.44. The van der Waals surface area contributed by atoms with E-state index < -0.39 is 0 Å². The van der Waals surface area contributed by atoms with E-state index in [2.05, 4.69) is 34.1 Å². The molecule has 2 aromatic carbocycles. The lowest BCUT2D eigenvalue weighted by molar-refractivity contribution is -0.132. The molecule has 1 aliphatic rings. The van der Waals surface area contributed by atoms with Gasteiger partial charge in [0.05, 0.1) is 6.42 Å². The van der Waals surface area contributed by atoms with Crippen molar-refractivity contribution < 1.29 is 9.90 Å². The number of aromatic hydroxyl groups is 1. The number of nitrogens with one attached hydrogen (secondary N) is 1. The summed E-state index contributed by atoms with van der Waals surface area (Å²) < 4.78 is 0. The number of aromatic nitrogens is 1. The number of piperazine rings is 1. The largest absolute Gasteiger partial charge is 0.508 e. The maximum absolute atomic E-state index is 12.6. The number of aromatic amines is 1. The van der Waals surface area contributed by atoms with E-state index in [1.807, 2.05) is 30.0 Å². The zero-order valence-electron chi connectivity index (χ0n) is 15.6. The molecule has 2 heterocycles. The lowest BCUT2D eigenvalue weighted by Gasteiger charge is -2.34. The number of benzene rings is 2. The smallest absolute Gasteiger partial charge is 0.227 e. The number of carbonyl (C=O) groups is 1. The van der Waals surface area contributed by atoms with Crippen molar-refractivity contribution in [3.8, 4) is 5.75 Å². The minimum Gasteiger partial charge on any atom is -0.508 e. The number of carbonyl (C=O) groups excluding carboxylic acids is 1. The molecule has 5 heteroatoms. The van der Waals surface area contributed by atoms with Crippen molar-refractivity contribution in [3.63, 3.8) is 0 Å². The summed E-state index contributed by atoms with van der Waals surface area (Å²) in [5.74, 6) is 0.381. The van der Waals surface area contributed by atoms with Crippen LogP contribution in [-0.2, 0) is 17.8 Å². The number of amides is 1. The first kappa shape index (κ1) is 17.6. The third kappa shape index (κ3) is 3.98. The average Bonchev–Trinajstić information content (AvgIpc) is 3.07. The third-order valence-corrected chi connectivity index (χ3v) is 5.33. The minimum absolute atomic E-state index is 0.128. The molecule has 2 N–H and O–H groups in total. The molecule has 5 nitrogen and oxygen atoms in total. The molecule has 1 amide bonds. The molecule has 1 aromatic heterocycles. The fourth-order valence-corrected chi connectivity index (χ4v) is 3.67. The van der Waals surface area contributed by atoms with Crippen molar-refractivity contribution in [2.45, 2.75) is 19.9 Å². The minimum atomic E-state index is 0.128. The molecule has 0 aliphatic carbocycles. The maximum Gasteiger partial charge on any atom is 0.227 e. The summed E-state index contributed by atoms with van der Waals surface area (Å²) in [6.45, 7) is 5.98. The van der Waals surface area contributed by atoms with Crippen molar-refractivity contribution in [2.75, 3.05) is 26.2 Å². The highest BCUT2D eigenvalue weighted by Crippen LogP contribution is 2.19. The number of hydrogen-bond acceptors (Lipinski definition) is 3. The van der Waals surface area contributed by atoms with E-state index in [0.717, 1.165) is 43.9 Å². The molecule has 1 saturated heterocycles. The summed E-state index contributed by atoms with van der Waals surface area (Å²) >= 11 is 0. The molecule has 27 heavy (non-hydrogen) atoms. The standard InChI is InChI=1S/C22H25N3O2/c1-16-6-7-17(12-21(16)26)13-22(27)25-10-8-24(9-11-25)15-19-14-18-4-2-3-5-20(18)23-19/h2-7,12,14,23,26H,8-11,13,15H2,1H3. The Morgan fingerprint density at radius 3 is 2.59 bits per heavy atom. The van der Waals surface area contributed by atoms with Gasteiger partial charge >= 0.3 is 0 Å². The van der Waals surface area contributed by atoms with Crippen molar-refractivity contribution in [3.05, 3.63) is 65.4 Å². The molecule has 0 bridgehead atoms. The lowest BCUT2D eigenvalue weighted by atomic mass is 10.1. The summed E-state index contributed by atoms with van der Waals surface area (Å²) in [6, 6.07) is 16.0. The highest BCUT2D eigenvalue weighted by molar-refractivity contribution is 5.80. The Labute approximate surface area is 159 Å². The summed E-state index contributed by atoms with van der Waals surface area (Å²) in [4.78, 5) is 20.3. The van der Waals surface area contributed by atoms with Gasteiger partial charge in [0.25, 0.3) is 0 Å². The molecule has 3 aromatic rings. The molecule has 1 aliphatic heterocycles. The Morgan fingerprint density at radius 2 is 1.85 bits per heavy atom. The van der Waals surface area contributed by atoms with Gasteiger partial charge in [0.1, 0.15) is 5.75 Å². The molecule has 0 unspecified atom stereocenters. The van der Waals surface area contributed by atoms with Gasteiger partial charge in [0.2, 0.25) is 5.91 Å². The van der Waals surface area contributed by atoms with Crippen molar-refractivity contribution in [2.24, 2.45) is 0 Å². The van der Waals surface area contributed by atoms with E-state index in [9.17, 15) is 9.90 Å². The van der Waals surface area contributed by atoms with Gasteiger partial charge in [-0.15, -0.1) is 0 Å². The number of fused-ring (bicyclic) bond motifs is 1. The lowest BCUT2D eigenvalue weighted by Crippen LogP contribution is -2.48. The number of para-hydroxylation sites is 1. The van der Waals surface area contributed by atoms with Gasteiger partial charge in [-0.05, 0) is 41.6 Å². The quantitative estimate of drug-likeness (QED) is 0.749. The van der Waals surface area contributed by atoms with Crippen LogP contribution < -0.4 is 0 Å². The molecule has 0 radical (unpaired) electrons. The third-order valence-electron chi connectivity index (χ3n) is 5.33. The van der Waals surface area contributed by atoms with Crippen LogP contribution in [0.25, 0.3) is 10.9 Å². The Kier molecular flexibility index (Phi) is 4.86. The van der Waals surface area contributed by atoms with Crippen LogP contribution in [0.2, 0.25) is 0 Å². The van der Waals surface area contributed by atoms with Crippen molar-refractivity contribution in [1.82, 2.24) is 14.8 Å². The molecule has 0 saturated carbocycles. The zero-order chi connectivity index (χ0) is 18.8. The van der Waals surface area contributed by atoms with Gasteiger partial charge < -0.3 is 15.0 Å². The van der Waals surface area contributed by atoms with Gasteiger partial charge in [-0.3, -0.25) is 9.69 Å². The second-order valence-electron chi connectivity index (χ2n) is 7.34. The number of nitrogens with zero attached hydrogens (tertiary/aromatic N) is 2. The predicted molar refractivity (Wildman–Crippen MR) is 107 cm³/mol. The van der Waals surface area contributed by atoms with Gasteiger partial charge in [-0.1, -0.05) is 30.3 Å². The van der Waals surface area contributed by atoms with Crippen LogP contribution in [0.3, 0.4) is 0 Å². The van der Waals surface area contributed by atoms with Crippen LogP contribution in [0.4, 0.5) is 0 Å². The normalized spacial score (nSPS) is 15.4. The fourth-order valence-electron chi connectivity index (χ4n) is 3.67. The van der Waals surface area contributed by atoms with Crippen molar-refractivity contribution in [1.29, 1.82) is 0 Å². The number of hydrogen-bond donors (Lipinski definition) is 2. The van der Waals surface area contributed by atoms with Gasteiger partial charge in [0.15, 0.2) is 0 Å². The highest BCUT2D eigenvalue weighted by atomic mass is 16.3. The molecule has 140 valence electrons. The monoisotopic (exact) mass is 363 g/mol. The number of phenols is 1. The van der Waals surface area contributed by atoms with E-state index in [1.54, 1.807) is 6.07 Å². The molecular weight excluding hydrogens is 338 g/mol. The molecule has 0 atom stereocenters. The second kappa shape index (κ2) is 7.45. The van der Waals surface area contributed by atoms with Gasteiger partial charge in [-0.2, -0.15) is 0 Å². The molecule has 1 fully saturated rings. The number of rotatable bonds is 4. The van der Waals surface area contributed by atoms with E-state index in [-0.39, 0.29) is 11.7 Å². The van der Waals surface area contributed by atoms with Crippen LogP contribution >= 0.6 is 0 Å². The fraction of sp³-hybridized carbons (Fsp3) is 0.318. The summed E-state index contributed by atoms with van der Waals surface area (Å²) in [7, 11) is 0. The molecule has 4 rings (SSSR count). The van der Waals surface area contributed by atoms with E-state index in [4.69, 9.17) is 0 Å². The summed E-state index contributed by atoms with van der Waals surface area (Å²) in [6.07, 6.45) is 0.343. The van der Waals surface area contributed by atoms with E-state index >= 15 is 0 Å². The molecule has 0 spiro atoms. The SMILES string of the molecule is Cc1ccc(CC(=O)N2CCN(Cc3cc4ccccc4[nH]3)CC2)cc1O. The Morgan fingerprint density at radius 1 is 1.07 bits per heavy atom. The van der Waals surface area contributed by atoms with Gasteiger partial charge in [-0.25, -0.2) is 0 Å². The van der Waals surface area contributed by atoms with Crippen LogP contribution in [0.5, 0.6) is 5.75 Å². The molecular formula is C22H25N3O2. The Hall–Kier alpha value is -2.79. The van der Waals surface area contributed by atoms with Crippen LogP contribution in [0, 0.1) is 6.92 Å². The summed E-state index contributed by atoms with van der Waals surface area (Å²) in [5, 5.41) is 11.1. The van der Waals surface area contributed by atoms with Crippen molar-refractivity contribution >= 4 is 16.8 Å². The second-order valence-corrected chi connectivity index (χ2v) is 7.34. The Balaban J connectivity index is 1.31. The topological polar surface area (TPSA) is 59.6 Å². The average molecular weight is 363 g/mol. The van der Waals surface area contributed by atoms with Crippen LogP contribution in [0.15, 0.2) is 48.5 Å². The summed E-state index contributed by atoms with van der Waals surface area (Å²) in [5.41, 5.74) is 4.08. The zero-order valence-corrected chi connectivity index (χ0v) is 15.6. The first-order chi connectivity index (χ1) is 13.1. The number of phenolic OH excluding ortho intramolecular Hbond substituents is 1. The predicted octanol–water partition coefficient (Wildman–Crippen LogP) is 3.07. The van der Waals surface area contributed by atoms with E-state index in [0.29, 0.717) is 6.42 Å². The number of aryl methyl sites for hydroxylation is 1. The first-order valence-corrected chi connectivity index (χ1v) is 9.44. The van der Waals surface area contributed by atoms with Crippen LogP contribution in [0.1, 0.15) is 16.8 Å². The maximum atomic E-state index is 12.6. The van der Waals surface area contributed by atoms with E-state index in [1.165, 1.54) is 16.6 Å². The van der Waals surface area contributed by atoms with Gasteiger partial charge in [0, 0.05) is 43.9 Å². The highest BCUT2D eigenvalue weighted by Gasteiger charge is 2.21. The Bertz CT molecular complexity index is 922.